The van der Waals surface area contributed by atoms with Crippen LogP contribution in [0.2, 0.25) is 0 Å². The molecule has 1 fully saturated rings. The fraction of sp³-hybridized carbons (Fsp3) is 0.300. The summed E-state index contributed by atoms with van der Waals surface area (Å²) in [6, 6.07) is 15.5. The molecule has 2 N–H and O–H groups in total. The van der Waals surface area contributed by atoms with Crippen molar-refractivity contribution < 1.29 is 14.4 Å². The van der Waals surface area contributed by atoms with Crippen LogP contribution in [0.25, 0.3) is 5.69 Å². The molecule has 0 spiro atoms. The number of aromatic nitrogens is 4. The molecule has 1 saturated heterocycles. The SMILES string of the molecule is COc1cccc(N2CC[NH+](CC(=O)Nc3ccc(-n4cnnn4)cc3)CC2)c1. The minimum absolute atomic E-state index is 0.0185. The summed E-state index contributed by atoms with van der Waals surface area (Å²) in [6.07, 6.45) is 1.53. The molecule has 1 aliphatic rings. The molecule has 0 unspecified atom stereocenters. The number of anilines is 2. The summed E-state index contributed by atoms with van der Waals surface area (Å²) in [5.41, 5.74) is 2.77. The van der Waals surface area contributed by atoms with E-state index in [-0.39, 0.29) is 5.91 Å². The van der Waals surface area contributed by atoms with Crippen LogP contribution in [0, 0.1) is 0 Å². The van der Waals surface area contributed by atoms with E-state index in [1.165, 1.54) is 11.2 Å². The van der Waals surface area contributed by atoms with Crippen LogP contribution in [0.3, 0.4) is 0 Å². The molecule has 2 heterocycles. The number of hydrogen-bond donors (Lipinski definition) is 2. The highest BCUT2D eigenvalue weighted by Gasteiger charge is 2.22. The average molecular weight is 394 g/mol. The molecule has 1 amide bonds. The number of rotatable bonds is 6. The quantitative estimate of drug-likeness (QED) is 0.613. The number of methoxy groups -OCH3 is 1. The van der Waals surface area contributed by atoms with Crippen LogP contribution in [-0.4, -0.2) is 65.9 Å². The summed E-state index contributed by atoms with van der Waals surface area (Å²) in [6.45, 7) is 4.12. The number of nitrogens with one attached hydrogen (secondary N) is 2. The van der Waals surface area contributed by atoms with E-state index in [0.717, 1.165) is 49.0 Å². The summed E-state index contributed by atoms with van der Waals surface area (Å²) >= 11 is 0. The van der Waals surface area contributed by atoms with Crippen molar-refractivity contribution in [2.75, 3.05) is 50.1 Å². The van der Waals surface area contributed by atoms with Crippen LogP contribution in [0.4, 0.5) is 11.4 Å². The number of carbonyl (C=O) groups excluding carboxylic acids is 1. The Kier molecular flexibility index (Phi) is 5.66. The molecular weight excluding hydrogens is 370 g/mol. The third kappa shape index (κ3) is 4.69. The topological polar surface area (TPSA) is 89.6 Å². The van der Waals surface area contributed by atoms with Crippen LogP contribution in [0.5, 0.6) is 5.75 Å². The highest BCUT2D eigenvalue weighted by Crippen LogP contribution is 2.20. The molecule has 29 heavy (non-hydrogen) atoms. The molecule has 0 bridgehead atoms. The molecule has 9 nitrogen and oxygen atoms in total. The second-order valence-corrected chi connectivity index (χ2v) is 6.96. The van der Waals surface area contributed by atoms with Crippen molar-refractivity contribution in [2.45, 2.75) is 0 Å². The number of piperazine rings is 1. The lowest BCUT2D eigenvalue weighted by atomic mass is 10.2. The molecule has 9 heteroatoms. The third-order valence-electron chi connectivity index (χ3n) is 5.06. The minimum atomic E-state index is 0.0185. The van der Waals surface area contributed by atoms with E-state index in [0.29, 0.717) is 6.54 Å². The molecule has 0 saturated carbocycles. The average Bonchev–Trinajstić information content (AvgIpc) is 3.30. The zero-order chi connectivity index (χ0) is 20.1. The summed E-state index contributed by atoms with van der Waals surface area (Å²) in [7, 11) is 1.68. The maximum Gasteiger partial charge on any atom is 0.279 e. The van der Waals surface area contributed by atoms with E-state index in [1.807, 2.05) is 36.4 Å². The highest BCUT2D eigenvalue weighted by molar-refractivity contribution is 5.91. The number of amides is 1. The highest BCUT2D eigenvalue weighted by atomic mass is 16.5. The summed E-state index contributed by atoms with van der Waals surface area (Å²) in [5.74, 6) is 0.882. The van der Waals surface area contributed by atoms with Gasteiger partial charge in [-0.25, -0.2) is 4.68 Å². The summed E-state index contributed by atoms with van der Waals surface area (Å²) < 4.78 is 6.88. The molecule has 2 aromatic carbocycles. The Morgan fingerprint density at radius 1 is 1.14 bits per heavy atom. The smallest absolute Gasteiger partial charge is 0.279 e. The molecule has 0 radical (unpaired) electrons. The number of carbonyl (C=O) groups is 1. The van der Waals surface area contributed by atoms with Gasteiger partial charge in [-0.3, -0.25) is 4.79 Å². The second kappa shape index (κ2) is 8.70. The Bertz CT molecular complexity index is 936. The number of tetrazole rings is 1. The van der Waals surface area contributed by atoms with Gasteiger partial charge in [0.2, 0.25) is 0 Å². The number of hydrogen-bond acceptors (Lipinski definition) is 6. The molecular formula is C20H24N7O2+. The standard InChI is InChI=1S/C20H23N7O2/c1-29-19-4-2-3-18(13-19)26-11-9-25(10-12-26)14-20(28)22-16-5-7-17(8-6-16)27-15-21-23-24-27/h2-8,13,15H,9-12,14H2,1H3,(H,22,28)/p+1. The van der Waals surface area contributed by atoms with Gasteiger partial charge in [-0.15, -0.1) is 5.10 Å². The Morgan fingerprint density at radius 3 is 2.62 bits per heavy atom. The first-order valence-electron chi connectivity index (χ1n) is 9.57. The Morgan fingerprint density at radius 2 is 1.93 bits per heavy atom. The molecule has 3 aromatic rings. The van der Waals surface area contributed by atoms with Crippen molar-refractivity contribution in [3.05, 3.63) is 54.9 Å². The lowest BCUT2D eigenvalue weighted by Crippen LogP contribution is -3.15. The minimum Gasteiger partial charge on any atom is -0.497 e. The number of benzene rings is 2. The van der Waals surface area contributed by atoms with Crippen LogP contribution < -0.4 is 19.9 Å². The molecule has 150 valence electrons. The largest absolute Gasteiger partial charge is 0.497 e. The van der Waals surface area contributed by atoms with Crippen molar-refractivity contribution in [3.8, 4) is 11.4 Å². The molecule has 0 atom stereocenters. The van der Waals surface area contributed by atoms with E-state index in [4.69, 9.17) is 4.74 Å². The van der Waals surface area contributed by atoms with Gasteiger partial charge < -0.3 is 19.9 Å². The van der Waals surface area contributed by atoms with Crippen LogP contribution >= 0.6 is 0 Å². The van der Waals surface area contributed by atoms with Crippen LogP contribution in [-0.2, 0) is 4.79 Å². The Hall–Kier alpha value is -3.46. The number of quaternary nitrogens is 1. The van der Waals surface area contributed by atoms with E-state index in [2.05, 4.69) is 37.9 Å². The van der Waals surface area contributed by atoms with E-state index >= 15 is 0 Å². The van der Waals surface area contributed by atoms with Crippen LogP contribution in [0.1, 0.15) is 0 Å². The van der Waals surface area contributed by atoms with Gasteiger partial charge in [0.1, 0.15) is 12.1 Å². The molecule has 1 aliphatic heterocycles. The Labute approximate surface area is 168 Å². The van der Waals surface area contributed by atoms with Crippen LogP contribution in [0.15, 0.2) is 54.9 Å². The van der Waals surface area contributed by atoms with E-state index in [9.17, 15) is 4.79 Å². The maximum absolute atomic E-state index is 12.4. The zero-order valence-corrected chi connectivity index (χ0v) is 16.3. The first-order valence-corrected chi connectivity index (χ1v) is 9.57. The lowest BCUT2D eigenvalue weighted by molar-refractivity contribution is -0.892. The predicted molar refractivity (Wildman–Crippen MR) is 109 cm³/mol. The van der Waals surface area contributed by atoms with Crippen molar-refractivity contribution in [1.29, 1.82) is 0 Å². The van der Waals surface area contributed by atoms with Gasteiger partial charge in [0.05, 0.1) is 39.0 Å². The monoisotopic (exact) mass is 394 g/mol. The fourth-order valence-corrected chi connectivity index (χ4v) is 3.47. The van der Waals surface area contributed by atoms with Gasteiger partial charge in [0.25, 0.3) is 5.91 Å². The second-order valence-electron chi connectivity index (χ2n) is 6.96. The fourth-order valence-electron chi connectivity index (χ4n) is 3.47. The van der Waals surface area contributed by atoms with Gasteiger partial charge in [0, 0.05) is 17.4 Å². The molecule has 4 rings (SSSR count). The number of ether oxygens (including phenoxy) is 1. The van der Waals surface area contributed by atoms with Gasteiger partial charge >= 0.3 is 0 Å². The van der Waals surface area contributed by atoms with Gasteiger partial charge in [-0.1, -0.05) is 6.07 Å². The van der Waals surface area contributed by atoms with Gasteiger partial charge in [-0.2, -0.15) is 0 Å². The normalized spacial score (nSPS) is 14.6. The van der Waals surface area contributed by atoms with Crippen molar-refractivity contribution in [2.24, 2.45) is 0 Å². The van der Waals surface area contributed by atoms with Crippen molar-refractivity contribution >= 4 is 17.3 Å². The zero-order valence-electron chi connectivity index (χ0n) is 16.3. The van der Waals surface area contributed by atoms with Gasteiger partial charge in [0.15, 0.2) is 6.54 Å². The maximum atomic E-state index is 12.4. The lowest BCUT2D eigenvalue weighted by Gasteiger charge is -2.33. The first-order chi connectivity index (χ1) is 14.2. The predicted octanol–water partition coefficient (Wildman–Crippen LogP) is 0.0145. The first kappa shape index (κ1) is 18.9. The van der Waals surface area contributed by atoms with Gasteiger partial charge in [-0.05, 0) is 46.8 Å². The van der Waals surface area contributed by atoms with E-state index < -0.39 is 0 Å². The Balaban J connectivity index is 1.26. The third-order valence-corrected chi connectivity index (χ3v) is 5.06. The molecule has 1 aromatic heterocycles. The number of nitrogens with zero attached hydrogens (tertiary/aromatic N) is 5. The van der Waals surface area contributed by atoms with Crippen molar-refractivity contribution in [1.82, 2.24) is 20.2 Å². The summed E-state index contributed by atoms with van der Waals surface area (Å²) in [4.78, 5) is 16.0. The summed E-state index contributed by atoms with van der Waals surface area (Å²) in [5, 5.41) is 14.1. The molecule has 0 aliphatic carbocycles. The van der Waals surface area contributed by atoms with Crippen molar-refractivity contribution in [3.63, 3.8) is 0 Å². The van der Waals surface area contributed by atoms with E-state index in [1.54, 1.807) is 11.8 Å².